The Balaban J connectivity index is 1.51. The molecule has 0 aromatic heterocycles. The molecule has 28 heteroatoms. The van der Waals surface area contributed by atoms with Crippen LogP contribution < -0.4 is 28.4 Å². The zero-order valence-corrected chi connectivity index (χ0v) is 46.6. The molecule has 6 rings (SSSR count). The van der Waals surface area contributed by atoms with Gasteiger partial charge in [0.2, 0.25) is 0 Å². The van der Waals surface area contributed by atoms with Crippen LogP contribution in [-0.4, -0.2) is 148 Å². The second-order valence-corrected chi connectivity index (χ2v) is 27.8. The highest BCUT2D eigenvalue weighted by atomic mass is 32.3. The normalized spacial score (nSPS) is 12.7. The Morgan fingerprint density at radius 3 is 0.487 bits per heavy atom. The summed E-state index contributed by atoms with van der Waals surface area (Å²) in [4.78, 5) is -1.95. The van der Waals surface area contributed by atoms with Gasteiger partial charge in [-0.2, -0.15) is 0 Å². The van der Waals surface area contributed by atoms with Gasteiger partial charge in [0.25, 0.3) is 60.1 Å². The number of hydrogen-bond donors (Lipinski definition) is 0. The molecule has 0 radical (unpaired) electrons. The van der Waals surface area contributed by atoms with Crippen LogP contribution in [0.15, 0.2) is 175 Å². The van der Waals surface area contributed by atoms with Gasteiger partial charge in [-0.05, 0) is 146 Å². The molecule has 76 heavy (non-hydrogen) atoms. The van der Waals surface area contributed by atoms with Gasteiger partial charge < -0.3 is 28.4 Å². The van der Waals surface area contributed by atoms with Crippen molar-refractivity contribution in [2.24, 2.45) is 0 Å². The topological polar surface area (TPSA) is 273 Å². The Morgan fingerprint density at radius 2 is 0.368 bits per heavy atom. The molecule has 0 aliphatic heterocycles. The van der Waals surface area contributed by atoms with Gasteiger partial charge >= 0.3 is 0 Å². The van der Waals surface area contributed by atoms with E-state index in [0.29, 0.717) is 0 Å². The first kappa shape index (κ1) is 58.9. The van der Waals surface area contributed by atoms with Gasteiger partial charge in [0.1, 0.15) is 34.5 Å². The molecule has 0 atom stereocenters. The number of sulfonamides is 6. The van der Waals surface area contributed by atoms with E-state index < -0.39 is 129 Å². The van der Waals surface area contributed by atoms with Crippen molar-refractivity contribution in [2.75, 3.05) is 81.9 Å². The van der Waals surface area contributed by atoms with Crippen LogP contribution in [0.4, 0.5) is 0 Å². The van der Waals surface area contributed by atoms with Gasteiger partial charge in [-0.25, -0.2) is 50.5 Å². The summed E-state index contributed by atoms with van der Waals surface area (Å²) in [5.74, 6) is 1.37. The lowest BCUT2D eigenvalue weighted by atomic mass is 10.3. The Morgan fingerprint density at radius 1 is 0.237 bits per heavy atom. The second kappa shape index (κ2) is 24.3. The maximum atomic E-state index is 14.6. The van der Waals surface area contributed by atoms with Gasteiger partial charge in [-0.1, -0.05) is 11.1 Å². The number of nitrogens with zero attached hydrogens (tertiary/aromatic N) is 4. The molecule has 410 valence electrons. The molecular weight excluding hydrogens is 1110 g/mol. The lowest BCUT2D eigenvalue weighted by molar-refractivity contribution is 0.254. The lowest BCUT2D eigenvalue weighted by Crippen LogP contribution is -2.48. The second-order valence-electron chi connectivity index (χ2n) is 15.9. The van der Waals surface area contributed by atoms with Crippen molar-refractivity contribution in [3.8, 4) is 34.5 Å². The highest BCUT2D eigenvalue weighted by Crippen LogP contribution is 2.31. The number of hydrogen-bond acceptors (Lipinski definition) is 19. The van der Waals surface area contributed by atoms with Crippen molar-refractivity contribution >= 4 is 60.1 Å². The molecule has 0 heterocycles. The summed E-state index contributed by atoms with van der Waals surface area (Å²) in [6.07, 6.45) is 0. The molecule has 0 unspecified atom stereocenters. The fraction of sp³-hybridized carbons (Fsp3) is 0.250. The number of benzene rings is 6. The maximum absolute atomic E-state index is 14.6. The first-order valence-electron chi connectivity index (χ1n) is 22.3. The molecule has 0 saturated carbocycles. The highest BCUT2D eigenvalue weighted by Gasteiger charge is 2.41. The summed E-state index contributed by atoms with van der Waals surface area (Å²) in [6.45, 7) is -5.25. The van der Waals surface area contributed by atoms with Gasteiger partial charge in [-0.3, -0.25) is 4.90 Å². The van der Waals surface area contributed by atoms with Gasteiger partial charge in [-0.15, -0.1) is 0 Å². The predicted octanol–water partition coefficient (Wildman–Crippen LogP) is 4.58. The standard InChI is InChI=1S/C48H54N4O18S6/c1-65-37-7-19-43(20-8-37)71(53,54)50(72(55,56)44-21-9-38(66-2)10-22-44)34-31-49(32-35-51(73(57,58)45-23-11-39(67-3)12-24-45)74(59,60)46-25-13-40(68-4)14-26-46)33-36-52(75(61,62)47-27-15-41(69-5)16-28-47)76(63,64)48-29-17-42(70-6)18-30-48/h7-30H,31-36H2,1-6H3. The number of rotatable bonds is 27. The summed E-state index contributed by atoms with van der Waals surface area (Å²) in [5.41, 5.74) is 0. The molecule has 0 fully saturated rings. The van der Waals surface area contributed by atoms with E-state index in [-0.39, 0.29) is 45.6 Å². The van der Waals surface area contributed by atoms with Crippen molar-refractivity contribution in [2.45, 2.75) is 29.4 Å². The molecule has 0 aliphatic rings. The monoisotopic (exact) mass is 1170 g/mol. The summed E-state index contributed by atoms with van der Waals surface area (Å²) in [7, 11) is -22.5. The fourth-order valence-electron chi connectivity index (χ4n) is 7.30. The van der Waals surface area contributed by atoms with Crippen molar-refractivity contribution in [1.82, 2.24) is 16.0 Å². The summed E-state index contributed by atoms with van der Waals surface area (Å²) < 4.78 is 207. The van der Waals surface area contributed by atoms with Crippen molar-refractivity contribution < 1.29 is 78.9 Å². The molecule has 0 amide bonds. The van der Waals surface area contributed by atoms with E-state index in [0.717, 1.165) is 77.7 Å². The molecule has 0 spiro atoms. The van der Waals surface area contributed by atoms with E-state index in [1.54, 1.807) is 0 Å². The van der Waals surface area contributed by atoms with E-state index in [4.69, 9.17) is 28.4 Å². The summed E-state index contributed by atoms with van der Waals surface area (Å²) in [6, 6.07) is 28.5. The first-order chi connectivity index (χ1) is 35.9. The molecule has 0 saturated heterocycles. The minimum atomic E-state index is -5.08. The molecule has 0 N–H and O–H groups in total. The van der Waals surface area contributed by atoms with E-state index in [2.05, 4.69) is 0 Å². The predicted molar refractivity (Wildman–Crippen MR) is 278 cm³/mol. The molecule has 6 aromatic carbocycles. The van der Waals surface area contributed by atoms with E-state index >= 15 is 0 Å². The number of methoxy groups -OCH3 is 6. The van der Waals surface area contributed by atoms with Crippen LogP contribution in [0.1, 0.15) is 0 Å². The van der Waals surface area contributed by atoms with Crippen LogP contribution in [0, 0.1) is 0 Å². The van der Waals surface area contributed by atoms with Gasteiger partial charge in [0.05, 0.1) is 72.0 Å². The third kappa shape index (κ3) is 12.9. The van der Waals surface area contributed by atoms with E-state index in [9.17, 15) is 50.5 Å². The van der Waals surface area contributed by atoms with E-state index in [1.807, 2.05) is 0 Å². The van der Waals surface area contributed by atoms with E-state index in [1.165, 1.54) is 115 Å². The largest absolute Gasteiger partial charge is 0.497 e. The first-order valence-corrected chi connectivity index (χ1v) is 31.0. The fourth-order valence-corrected chi connectivity index (χ4v) is 18.2. The van der Waals surface area contributed by atoms with Crippen LogP contribution in [0.2, 0.25) is 0 Å². The Kier molecular flexibility index (Phi) is 18.9. The van der Waals surface area contributed by atoms with Gasteiger partial charge in [0.15, 0.2) is 0 Å². The average molecular weight is 1170 g/mol. The van der Waals surface area contributed by atoms with Crippen LogP contribution in [0.3, 0.4) is 0 Å². The molecule has 6 aromatic rings. The minimum absolute atomic E-state index is 0.163. The van der Waals surface area contributed by atoms with Crippen LogP contribution in [0.5, 0.6) is 34.5 Å². The summed E-state index contributed by atoms with van der Waals surface area (Å²) >= 11 is 0. The minimum Gasteiger partial charge on any atom is -0.497 e. The number of ether oxygens (including phenoxy) is 6. The molecule has 0 bridgehead atoms. The SMILES string of the molecule is COc1ccc(S(=O)(=O)N(CCN(CCN(S(=O)(=O)c2ccc(OC)cc2)S(=O)(=O)c2ccc(OC)cc2)CCN(S(=O)(=O)c2ccc(OC)cc2)S(=O)(=O)c2ccc(OC)cc2)S(=O)(=O)c2ccc(OC)cc2)cc1. The Hall–Kier alpha value is -6.34. The van der Waals surface area contributed by atoms with Crippen LogP contribution >= 0.6 is 0 Å². The maximum Gasteiger partial charge on any atom is 0.256 e. The molecule has 0 aliphatic carbocycles. The van der Waals surface area contributed by atoms with Crippen LogP contribution in [0.25, 0.3) is 0 Å². The van der Waals surface area contributed by atoms with Crippen molar-refractivity contribution in [1.29, 1.82) is 0 Å². The third-order valence-corrected chi connectivity index (χ3v) is 24.6. The smallest absolute Gasteiger partial charge is 0.256 e. The molecular formula is C48H54N4O18S6. The lowest BCUT2D eigenvalue weighted by Gasteiger charge is -2.31. The zero-order valence-electron chi connectivity index (χ0n) is 41.7. The van der Waals surface area contributed by atoms with Crippen molar-refractivity contribution in [3.05, 3.63) is 146 Å². The quantitative estimate of drug-likeness (QED) is 0.0683. The summed E-state index contributed by atoms with van der Waals surface area (Å²) in [5, 5.41) is 0. The van der Waals surface area contributed by atoms with Crippen LogP contribution in [-0.2, 0) is 60.1 Å². The zero-order chi connectivity index (χ0) is 55.7. The average Bonchev–Trinajstić information content (AvgIpc) is 3.45. The molecule has 22 nitrogen and oxygen atoms in total. The van der Waals surface area contributed by atoms with Crippen molar-refractivity contribution in [3.63, 3.8) is 0 Å². The Labute approximate surface area is 443 Å². The Bertz CT molecular complexity index is 3010. The van der Waals surface area contributed by atoms with Gasteiger partial charge in [0, 0.05) is 39.3 Å². The highest BCUT2D eigenvalue weighted by molar-refractivity contribution is 8.05. The third-order valence-electron chi connectivity index (χ3n) is 11.5.